The van der Waals surface area contributed by atoms with Crippen LogP contribution in [-0.4, -0.2) is 31.6 Å². The molecule has 0 fully saturated rings. The van der Waals surface area contributed by atoms with Gasteiger partial charge < -0.3 is 9.47 Å². The number of hydrogen-bond donors (Lipinski definition) is 0. The van der Waals surface area contributed by atoms with E-state index in [0.717, 1.165) is 5.56 Å². The van der Waals surface area contributed by atoms with Gasteiger partial charge in [-0.15, -0.1) is 0 Å². The third-order valence-corrected chi connectivity index (χ3v) is 3.55. The minimum atomic E-state index is -0.653. The van der Waals surface area contributed by atoms with Crippen LogP contribution in [0, 0.1) is 11.3 Å². The van der Waals surface area contributed by atoms with E-state index in [-0.39, 0.29) is 6.54 Å². The number of hydrogen-bond acceptors (Lipinski definition) is 5. The van der Waals surface area contributed by atoms with E-state index in [2.05, 4.69) is 0 Å². The molecule has 0 aliphatic carbocycles. The van der Waals surface area contributed by atoms with Gasteiger partial charge in [0.05, 0.1) is 12.7 Å². The van der Waals surface area contributed by atoms with Crippen LogP contribution in [0.5, 0.6) is 5.75 Å². The highest BCUT2D eigenvalue weighted by molar-refractivity contribution is 5.96. The summed E-state index contributed by atoms with van der Waals surface area (Å²) >= 11 is 0. The first-order valence-electron chi connectivity index (χ1n) is 8.44. The van der Waals surface area contributed by atoms with Crippen molar-refractivity contribution in [3.05, 3.63) is 66.2 Å². The zero-order chi connectivity index (χ0) is 19.5. The third-order valence-electron chi connectivity index (χ3n) is 3.55. The molecule has 0 bridgehead atoms. The average Bonchev–Trinajstić information content (AvgIpc) is 2.70. The summed E-state index contributed by atoms with van der Waals surface area (Å²) in [4.78, 5) is 25.5. The highest BCUT2D eigenvalue weighted by Crippen LogP contribution is 2.19. The van der Waals surface area contributed by atoms with E-state index in [1.807, 2.05) is 37.3 Å². The molecule has 0 saturated heterocycles. The van der Waals surface area contributed by atoms with Crippen molar-refractivity contribution >= 4 is 23.6 Å². The molecule has 0 saturated carbocycles. The molecule has 6 heteroatoms. The van der Waals surface area contributed by atoms with Gasteiger partial charge in [-0.05, 0) is 31.2 Å². The van der Waals surface area contributed by atoms with Crippen molar-refractivity contribution in [2.24, 2.45) is 0 Å². The maximum atomic E-state index is 12.3. The van der Waals surface area contributed by atoms with Gasteiger partial charge >= 0.3 is 5.97 Å². The summed E-state index contributed by atoms with van der Waals surface area (Å²) in [5, 5.41) is 8.93. The molecule has 27 heavy (non-hydrogen) atoms. The number of para-hydroxylation sites is 2. The Bertz CT molecular complexity index is 841. The summed E-state index contributed by atoms with van der Waals surface area (Å²) in [6, 6.07) is 18.0. The standard InChI is InChI=1S/C21H20N2O4/c1-2-26-19-11-7-6-8-17(19)12-13-21(25)27-16-20(24)23(15-14-22)18-9-4-3-5-10-18/h3-13H,2,15-16H2,1H3/b13-12+. The molecule has 0 N–H and O–H groups in total. The van der Waals surface area contributed by atoms with E-state index >= 15 is 0 Å². The summed E-state index contributed by atoms with van der Waals surface area (Å²) in [5.41, 5.74) is 1.30. The van der Waals surface area contributed by atoms with Crippen LogP contribution in [0.2, 0.25) is 0 Å². The summed E-state index contributed by atoms with van der Waals surface area (Å²) in [6.45, 7) is 1.81. The Morgan fingerprint density at radius 2 is 1.81 bits per heavy atom. The maximum Gasteiger partial charge on any atom is 0.331 e. The summed E-state index contributed by atoms with van der Waals surface area (Å²) in [5.74, 6) is -0.469. The number of amides is 1. The van der Waals surface area contributed by atoms with Gasteiger partial charge in [-0.3, -0.25) is 9.69 Å². The monoisotopic (exact) mass is 364 g/mol. The molecule has 0 radical (unpaired) electrons. The SMILES string of the molecule is CCOc1ccccc1/C=C/C(=O)OCC(=O)N(CC#N)c1ccccc1. The lowest BCUT2D eigenvalue weighted by Gasteiger charge is -2.19. The molecule has 0 spiro atoms. The smallest absolute Gasteiger partial charge is 0.331 e. The molecule has 138 valence electrons. The number of anilines is 1. The van der Waals surface area contributed by atoms with Crippen LogP contribution >= 0.6 is 0 Å². The predicted octanol–water partition coefficient (Wildman–Crippen LogP) is 3.20. The molecule has 0 heterocycles. The number of esters is 1. The highest BCUT2D eigenvalue weighted by atomic mass is 16.5. The van der Waals surface area contributed by atoms with E-state index in [0.29, 0.717) is 18.0 Å². The Morgan fingerprint density at radius 1 is 1.11 bits per heavy atom. The normalized spacial score (nSPS) is 10.2. The molecule has 0 unspecified atom stereocenters. The van der Waals surface area contributed by atoms with Crippen LogP contribution in [0.15, 0.2) is 60.7 Å². The van der Waals surface area contributed by atoms with Gasteiger partial charge in [0.2, 0.25) is 0 Å². The molecule has 0 aliphatic heterocycles. The van der Waals surface area contributed by atoms with E-state index in [9.17, 15) is 9.59 Å². The number of nitriles is 1. The molecule has 2 aromatic carbocycles. The van der Waals surface area contributed by atoms with Crippen molar-refractivity contribution in [2.45, 2.75) is 6.92 Å². The van der Waals surface area contributed by atoms with Crippen LogP contribution in [0.3, 0.4) is 0 Å². The molecule has 1 amide bonds. The fourth-order valence-corrected chi connectivity index (χ4v) is 2.32. The second-order valence-corrected chi connectivity index (χ2v) is 5.39. The second-order valence-electron chi connectivity index (χ2n) is 5.39. The van der Waals surface area contributed by atoms with Crippen LogP contribution in [0.25, 0.3) is 6.08 Å². The van der Waals surface area contributed by atoms with Crippen molar-refractivity contribution in [2.75, 3.05) is 24.7 Å². The molecular weight excluding hydrogens is 344 g/mol. The fraction of sp³-hybridized carbons (Fsp3) is 0.190. The van der Waals surface area contributed by atoms with Crippen molar-refractivity contribution in [1.29, 1.82) is 5.26 Å². The number of nitrogens with zero attached hydrogens (tertiary/aromatic N) is 2. The van der Waals surface area contributed by atoms with Crippen LogP contribution < -0.4 is 9.64 Å². The molecule has 2 aromatic rings. The first-order chi connectivity index (χ1) is 13.2. The van der Waals surface area contributed by atoms with Gasteiger partial charge in [-0.25, -0.2) is 4.79 Å². The molecule has 6 nitrogen and oxygen atoms in total. The Balaban J connectivity index is 1.96. The number of carbonyl (C=O) groups is 2. The zero-order valence-corrected chi connectivity index (χ0v) is 15.0. The van der Waals surface area contributed by atoms with Gasteiger partial charge in [0, 0.05) is 17.3 Å². The minimum Gasteiger partial charge on any atom is -0.493 e. The summed E-state index contributed by atoms with van der Waals surface area (Å²) in [7, 11) is 0. The van der Waals surface area contributed by atoms with Gasteiger partial charge in [0.15, 0.2) is 6.61 Å². The van der Waals surface area contributed by atoms with Crippen molar-refractivity contribution in [3.63, 3.8) is 0 Å². The number of ether oxygens (including phenoxy) is 2. The van der Waals surface area contributed by atoms with E-state index in [4.69, 9.17) is 14.7 Å². The number of rotatable bonds is 8. The quantitative estimate of drug-likeness (QED) is 0.408. The molecule has 2 rings (SSSR count). The Morgan fingerprint density at radius 3 is 2.52 bits per heavy atom. The molecule has 0 aromatic heterocycles. The molecular formula is C21H20N2O4. The number of carbonyl (C=O) groups excluding carboxylic acids is 2. The van der Waals surface area contributed by atoms with Crippen molar-refractivity contribution in [3.8, 4) is 11.8 Å². The van der Waals surface area contributed by atoms with E-state index in [1.54, 1.807) is 36.4 Å². The summed E-state index contributed by atoms with van der Waals surface area (Å²) in [6.07, 6.45) is 2.81. The van der Waals surface area contributed by atoms with Crippen LogP contribution in [0.4, 0.5) is 5.69 Å². The Hall–Kier alpha value is -3.59. The Labute approximate surface area is 158 Å². The van der Waals surface area contributed by atoms with Crippen LogP contribution in [-0.2, 0) is 14.3 Å². The van der Waals surface area contributed by atoms with Gasteiger partial charge in [-0.1, -0.05) is 36.4 Å². The summed E-state index contributed by atoms with van der Waals surface area (Å²) < 4.78 is 10.5. The molecule has 0 aliphatic rings. The lowest BCUT2D eigenvalue weighted by molar-refractivity contribution is -0.142. The third kappa shape index (κ3) is 6.01. The predicted molar refractivity (Wildman–Crippen MR) is 102 cm³/mol. The second kappa shape index (κ2) is 10.4. The Kier molecular flexibility index (Phi) is 7.61. The van der Waals surface area contributed by atoms with Gasteiger partial charge in [-0.2, -0.15) is 5.26 Å². The van der Waals surface area contributed by atoms with Gasteiger partial charge in [0.25, 0.3) is 5.91 Å². The van der Waals surface area contributed by atoms with E-state index in [1.165, 1.54) is 11.0 Å². The minimum absolute atomic E-state index is 0.127. The largest absolute Gasteiger partial charge is 0.493 e. The average molecular weight is 364 g/mol. The molecule has 0 atom stereocenters. The van der Waals surface area contributed by atoms with Gasteiger partial charge in [0.1, 0.15) is 12.3 Å². The van der Waals surface area contributed by atoms with Crippen LogP contribution in [0.1, 0.15) is 12.5 Å². The van der Waals surface area contributed by atoms with Crippen molar-refractivity contribution < 1.29 is 19.1 Å². The fourth-order valence-electron chi connectivity index (χ4n) is 2.32. The lowest BCUT2D eigenvalue weighted by Crippen LogP contribution is -2.34. The number of benzene rings is 2. The highest BCUT2D eigenvalue weighted by Gasteiger charge is 2.16. The zero-order valence-electron chi connectivity index (χ0n) is 15.0. The van der Waals surface area contributed by atoms with Crippen molar-refractivity contribution in [1.82, 2.24) is 0 Å². The lowest BCUT2D eigenvalue weighted by atomic mass is 10.2. The first-order valence-corrected chi connectivity index (χ1v) is 8.44. The van der Waals surface area contributed by atoms with E-state index < -0.39 is 18.5 Å². The first kappa shape index (κ1) is 19.7. The topological polar surface area (TPSA) is 79.6 Å². The maximum absolute atomic E-state index is 12.3.